The molecule has 4 saturated carbocycles. The Hall–Kier alpha value is -1.09. The van der Waals surface area contributed by atoms with Crippen LogP contribution < -0.4 is 0 Å². The number of benzene rings is 1. The SMILES string of the molecule is C[C@@H]1C(=O)CC2CC(=O)[C@@]34[C@@H](CC[C@@H]3Sc3ccccc3)CCC214. The zero-order chi connectivity index (χ0) is 16.5. The quantitative estimate of drug-likeness (QED) is 0.794. The lowest BCUT2D eigenvalue weighted by atomic mass is 9.59. The van der Waals surface area contributed by atoms with Crippen LogP contribution in [0.2, 0.25) is 0 Å². The van der Waals surface area contributed by atoms with E-state index in [9.17, 15) is 9.59 Å². The summed E-state index contributed by atoms with van der Waals surface area (Å²) in [5.74, 6) is 1.85. The van der Waals surface area contributed by atoms with Crippen molar-refractivity contribution in [3.05, 3.63) is 30.3 Å². The number of hydrogen-bond donors (Lipinski definition) is 0. The number of hydrogen-bond acceptors (Lipinski definition) is 3. The van der Waals surface area contributed by atoms with Gasteiger partial charge in [0.05, 0.1) is 5.41 Å². The van der Waals surface area contributed by atoms with Gasteiger partial charge in [-0.3, -0.25) is 9.59 Å². The second-order valence-corrected chi connectivity index (χ2v) is 9.63. The Morgan fingerprint density at radius 1 is 1.00 bits per heavy atom. The summed E-state index contributed by atoms with van der Waals surface area (Å²) in [5, 5.41) is 0.359. The minimum absolute atomic E-state index is 0.0191. The van der Waals surface area contributed by atoms with E-state index >= 15 is 0 Å². The van der Waals surface area contributed by atoms with Crippen LogP contribution in [0.1, 0.15) is 45.4 Å². The second-order valence-electron chi connectivity index (χ2n) is 8.36. The van der Waals surface area contributed by atoms with E-state index in [4.69, 9.17) is 0 Å². The average molecular weight is 340 g/mol. The molecular weight excluding hydrogens is 316 g/mol. The molecule has 2 unspecified atom stereocenters. The van der Waals surface area contributed by atoms with Gasteiger partial charge in [0, 0.05) is 28.9 Å². The van der Waals surface area contributed by atoms with Crippen molar-refractivity contribution in [1.82, 2.24) is 0 Å². The van der Waals surface area contributed by atoms with Crippen molar-refractivity contribution in [1.29, 1.82) is 0 Å². The van der Waals surface area contributed by atoms with Crippen LogP contribution in [0, 0.1) is 28.6 Å². The van der Waals surface area contributed by atoms with Gasteiger partial charge in [-0.25, -0.2) is 0 Å². The van der Waals surface area contributed by atoms with Crippen LogP contribution in [-0.2, 0) is 9.59 Å². The smallest absolute Gasteiger partial charge is 0.141 e. The number of thioether (sulfide) groups is 1. The van der Waals surface area contributed by atoms with E-state index in [0.717, 1.165) is 19.3 Å². The lowest BCUT2D eigenvalue weighted by molar-refractivity contribution is -0.133. The highest BCUT2D eigenvalue weighted by atomic mass is 32.2. The van der Waals surface area contributed by atoms with Crippen LogP contribution in [0.25, 0.3) is 0 Å². The molecule has 0 bridgehead atoms. The van der Waals surface area contributed by atoms with E-state index in [1.807, 2.05) is 17.8 Å². The number of ketones is 2. The Morgan fingerprint density at radius 3 is 2.58 bits per heavy atom. The zero-order valence-corrected chi connectivity index (χ0v) is 15.0. The number of rotatable bonds is 2. The van der Waals surface area contributed by atoms with E-state index in [0.29, 0.717) is 41.5 Å². The Morgan fingerprint density at radius 2 is 1.79 bits per heavy atom. The van der Waals surface area contributed by atoms with Crippen molar-refractivity contribution in [2.45, 2.75) is 55.6 Å². The van der Waals surface area contributed by atoms with Gasteiger partial charge >= 0.3 is 0 Å². The maximum absolute atomic E-state index is 13.4. The van der Waals surface area contributed by atoms with Crippen molar-refractivity contribution in [2.24, 2.45) is 28.6 Å². The molecule has 1 aromatic carbocycles. The van der Waals surface area contributed by atoms with Crippen LogP contribution in [0.3, 0.4) is 0 Å². The standard InChI is InChI=1S/C21H24O2S/c1-13-17(22)11-15-12-18(23)21-14(9-10-20(13,15)21)7-8-19(21)24-16-5-3-2-4-6-16/h2-6,13-15,19H,7-12H2,1H3/t13-,14+,15?,19+,20?,21+/m1/s1. The van der Waals surface area contributed by atoms with Gasteiger partial charge in [0.1, 0.15) is 11.6 Å². The van der Waals surface area contributed by atoms with Gasteiger partial charge in [-0.05, 0) is 55.1 Å². The summed E-state index contributed by atoms with van der Waals surface area (Å²) >= 11 is 1.91. The van der Waals surface area contributed by atoms with E-state index in [1.54, 1.807) is 0 Å². The highest BCUT2D eigenvalue weighted by Crippen LogP contribution is 2.78. The van der Waals surface area contributed by atoms with Crippen LogP contribution in [0.4, 0.5) is 0 Å². The molecule has 24 heavy (non-hydrogen) atoms. The van der Waals surface area contributed by atoms with Gasteiger partial charge in [0.2, 0.25) is 0 Å². The van der Waals surface area contributed by atoms with Crippen molar-refractivity contribution in [3.8, 4) is 0 Å². The van der Waals surface area contributed by atoms with E-state index in [1.165, 1.54) is 11.3 Å². The van der Waals surface area contributed by atoms with Crippen LogP contribution in [0.15, 0.2) is 35.2 Å². The fourth-order valence-electron chi connectivity index (χ4n) is 7.23. The molecule has 4 aliphatic rings. The molecule has 3 heteroatoms. The van der Waals surface area contributed by atoms with Gasteiger partial charge in [-0.15, -0.1) is 11.8 Å². The molecule has 0 saturated heterocycles. The minimum Gasteiger partial charge on any atom is -0.299 e. The van der Waals surface area contributed by atoms with Crippen molar-refractivity contribution < 1.29 is 9.59 Å². The molecule has 0 radical (unpaired) electrons. The first-order valence-corrected chi connectivity index (χ1v) is 10.3. The summed E-state index contributed by atoms with van der Waals surface area (Å²) in [6.45, 7) is 2.13. The molecule has 6 atom stereocenters. The summed E-state index contributed by atoms with van der Waals surface area (Å²) in [4.78, 5) is 27.2. The van der Waals surface area contributed by atoms with E-state index < -0.39 is 0 Å². The third-order valence-electron chi connectivity index (χ3n) is 7.95. The Kier molecular flexibility index (Phi) is 3.14. The molecule has 0 aliphatic heterocycles. The minimum atomic E-state index is -0.219. The van der Waals surface area contributed by atoms with E-state index in [2.05, 4.69) is 31.2 Å². The predicted molar refractivity (Wildman–Crippen MR) is 94.8 cm³/mol. The van der Waals surface area contributed by atoms with Gasteiger partial charge in [-0.1, -0.05) is 25.1 Å². The lowest BCUT2D eigenvalue weighted by Gasteiger charge is -2.46. The van der Waals surface area contributed by atoms with Crippen LogP contribution in [0.5, 0.6) is 0 Å². The first-order chi connectivity index (χ1) is 11.6. The van der Waals surface area contributed by atoms with Gasteiger partial charge in [0.25, 0.3) is 0 Å². The highest BCUT2D eigenvalue weighted by Gasteiger charge is 2.78. The van der Waals surface area contributed by atoms with Crippen molar-refractivity contribution in [3.63, 3.8) is 0 Å². The number of Topliss-reactive ketones (excluding diaryl/α,β-unsaturated/α-hetero) is 2. The van der Waals surface area contributed by atoms with Gasteiger partial charge in [0.15, 0.2) is 0 Å². The molecule has 2 nitrogen and oxygen atoms in total. The molecular formula is C21H24O2S. The summed E-state index contributed by atoms with van der Waals surface area (Å²) in [6.07, 6.45) is 5.89. The fraction of sp³-hybridized carbons (Fsp3) is 0.619. The first kappa shape index (κ1) is 15.2. The molecule has 4 fully saturated rings. The molecule has 2 spiro atoms. The van der Waals surface area contributed by atoms with Crippen LogP contribution in [-0.4, -0.2) is 16.8 Å². The normalized spacial score (nSPS) is 46.2. The monoisotopic (exact) mass is 340 g/mol. The van der Waals surface area contributed by atoms with E-state index in [-0.39, 0.29) is 16.7 Å². The largest absolute Gasteiger partial charge is 0.299 e. The third-order valence-corrected chi connectivity index (χ3v) is 9.39. The highest BCUT2D eigenvalue weighted by molar-refractivity contribution is 8.00. The Labute approximate surface area is 147 Å². The lowest BCUT2D eigenvalue weighted by Crippen LogP contribution is -2.49. The average Bonchev–Trinajstić information content (AvgIpc) is 3.23. The third kappa shape index (κ3) is 1.56. The molecule has 0 amide bonds. The van der Waals surface area contributed by atoms with Crippen molar-refractivity contribution >= 4 is 23.3 Å². The molecule has 1 aromatic rings. The maximum atomic E-state index is 13.4. The molecule has 0 heterocycles. The van der Waals surface area contributed by atoms with Gasteiger partial charge < -0.3 is 0 Å². The topological polar surface area (TPSA) is 34.1 Å². The molecule has 5 rings (SSSR count). The second kappa shape index (κ2) is 4.97. The maximum Gasteiger partial charge on any atom is 0.141 e. The summed E-state index contributed by atoms with van der Waals surface area (Å²) in [7, 11) is 0. The zero-order valence-electron chi connectivity index (χ0n) is 14.2. The summed E-state index contributed by atoms with van der Waals surface area (Å²) in [6, 6.07) is 10.5. The fourth-order valence-corrected chi connectivity index (χ4v) is 8.86. The Bertz CT molecular complexity index is 714. The number of carbonyl (C=O) groups is 2. The number of carbonyl (C=O) groups excluding carboxylic acids is 2. The molecule has 0 N–H and O–H groups in total. The van der Waals surface area contributed by atoms with Crippen molar-refractivity contribution in [2.75, 3.05) is 0 Å². The Balaban J connectivity index is 1.62. The first-order valence-electron chi connectivity index (χ1n) is 9.38. The molecule has 126 valence electrons. The molecule has 0 aromatic heterocycles. The summed E-state index contributed by atoms with van der Waals surface area (Å²) in [5.41, 5.74) is -0.238. The van der Waals surface area contributed by atoms with Gasteiger partial charge in [-0.2, -0.15) is 0 Å². The van der Waals surface area contributed by atoms with Crippen LogP contribution >= 0.6 is 11.8 Å². The predicted octanol–water partition coefficient (Wildman–Crippen LogP) is 4.52. The summed E-state index contributed by atoms with van der Waals surface area (Å²) < 4.78 is 0. The molecule has 4 aliphatic carbocycles.